The van der Waals surface area contributed by atoms with Gasteiger partial charge in [0.05, 0.1) is 10.2 Å². The molecule has 0 aliphatic heterocycles. The standard InChI is InChI=1S/C8H10INO/c1-3-11-8-7(9)5-4-6(2)10-8/h4-5H,3H2,1-2H3. The third-order valence-electron chi connectivity index (χ3n) is 1.23. The minimum absolute atomic E-state index is 0.673. The summed E-state index contributed by atoms with van der Waals surface area (Å²) in [7, 11) is 0. The number of aromatic nitrogens is 1. The predicted octanol–water partition coefficient (Wildman–Crippen LogP) is 2.39. The minimum Gasteiger partial charge on any atom is -0.477 e. The van der Waals surface area contributed by atoms with Crippen molar-refractivity contribution in [1.29, 1.82) is 0 Å². The zero-order chi connectivity index (χ0) is 8.27. The number of aryl methyl sites for hydroxylation is 1. The molecule has 0 saturated carbocycles. The van der Waals surface area contributed by atoms with Gasteiger partial charge in [-0.3, -0.25) is 0 Å². The van der Waals surface area contributed by atoms with Crippen LogP contribution in [0, 0.1) is 10.5 Å². The summed E-state index contributed by atoms with van der Waals surface area (Å²) in [5.41, 5.74) is 0.994. The number of nitrogens with zero attached hydrogens (tertiary/aromatic N) is 1. The molecule has 1 rings (SSSR count). The zero-order valence-electron chi connectivity index (χ0n) is 6.60. The van der Waals surface area contributed by atoms with Crippen molar-refractivity contribution in [2.45, 2.75) is 13.8 Å². The Bertz CT molecular complexity index is 250. The Kier molecular flexibility index (Phi) is 3.11. The summed E-state index contributed by atoms with van der Waals surface area (Å²) >= 11 is 2.21. The molecule has 3 heteroatoms. The van der Waals surface area contributed by atoms with Crippen LogP contribution in [0.25, 0.3) is 0 Å². The molecule has 0 bridgehead atoms. The molecule has 0 aliphatic rings. The van der Waals surface area contributed by atoms with E-state index in [1.54, 1.807) is 0 Å². The molecule has 0 fully saturated rings. The summed E-state index contributed by atoms with van der Waals surface area (Å²) in [5.74, 6) is 0.744. The Morgan fingerprint density at radius 3 is 2.91 bits per heavy atom. The molecule has 0 amide bonds. The highest BCUT2D eigenvalue weighted by molar-refractivity contribution is 14.1. The third-order valence-corrected chi connectivity index (χ3v) is 2.06. The first-order chi connectivity index (χ1) is 5.24. The first-order valence-corrected chi connectivity index (χ1v) is 4.58. The Hall–Kier alpha value is -0.320. The van der Waals surface area contributed by atoms with E-state index in [0.29, 0.717) is 6.61 Å². The highest BCUT2D eigenvalue weighted by atomic mass is 127. The first-order valence-electron chi connectivity index (χ1n) is 3.50. The van der Waals surface area contributed by atoms with E-state index in [4.69, 9.17) is 4.74 Å². The molecule has 60 valence electrons. The molecule has 11 heavy (non-hydrogen) atoms. The zero-order valence-corrected chi connectivity index (χ0v) is 8.75. The monoisotopic (exact) mass is 263 g/mol. The van der Waals surface area contributed by atoms with Crippen LogP contribution in [0.3, 0.4) is 0 Å². The summed E-state index contributed by atoms with van der Waals surface area (Å²) in [4.78, 5) is 4.23. The van der Waals surface area contributed by atoms with E-state index >= 15 is 0 Å². The molecule has 0 unspecified atom stereocenters. The molecule has 0 aliphatic carbocycles. The number of rotatable bonds is 2. The quantitative estimate of drug-likeness (QED) is 0.764. The summed E-state index contributed by atoms with van der Waals surface area (Å²) < 4.78 is 6.36. The van der Waals surface area contributed by atoms with Crippen LogP contribution in [0.2, 0.25) is 0 Å². The molecule has 1 aromatic rings. The summed E-state index contributed by atoms with van der Waals surface area (Å²) in [6.45, 7) is 4.59. The number of halogens is 1. The van der Waals surface area contributed by atoms with Crippen molar-refractivity contribution in [3.63, 3.8) is 0 Å². The smallest absolute Gasteiger partial charge is 0.227 e. The van der Waals surface area contributed by atoms with Crippen LogP contribution >= 0.6 is 22.6 Å². The fourth-order valence-corrected chi connectivity index (χ4v) is 1.21. The average molecular weight is 263 g/mol. The van der Waals surface area contributed by atoms with Gasteiger partial charge in [0.25, 0.3) is 0 Å². The fourth-order valence-electron chi connectivity index (χ4n) is 0.754. The maximum Gasteiger partial charge on any atom is 0.227 e. The Balaban J connectivity index is 2.93. The van der Waals surface area contributed by atoms with Crippen molar-refractivity contribution in [3.05, 3.63) is 21.4 Å². The predicted molar refractivity (Wildman–Crippen MR) is 52.9 cm³/mol. The second-order valence-corrected chi connectivity index (χ2v) is 3.33. The third kappa shape index (κ3) is 2.32. The van der Waals surface area contributed by atoms with E-state index < -0.39 is 0 Å². The van der Waals surface area contributed by atoms with Gasteiger partial charge in [-0.1, -0.05) is 0 Å². The van der Waals surface area contributed by atoms with E-state index in [9.17, 15) is 0 Å². The average Bonchev–Trinajstić information content (AvgIpc) is 1.98. The lowest BCUT2D eigenvalue weighted by atomic mass is 10.4. The second-order valence-electron chi connectivity index (χ2n) is 2.17. The second kappa shape index (κ2) is 3.90. The molecule has 0 radical (unpaired) electrons. The van der Waals surface area contributed by atoms with Gasteiger partial charge in [0.15, 0.2) is 0 Å². The Morgan fingerprint density at radius 2 is 2.27 bits per heavy atom. The molecule has 2 nitrogen and oxygen atoms in total. The lowest BCUT2D eigenvalue weighted by Gasteiger charge is -2.04. The molecule has 0 atom stereocenters. The van der Waals surface area contributed by atoms with Gasteiger partial charge in [-0.15, -0.1) is 0 Å². The molecule has 1 aromatic heterocycles. The molecule has 0 spiro atoms. The maximum absolute atomic E-state index is 5.30. The van der Waals surface area contributed by atoms with Crippen LogP contribution < -0.4 is 4.74 Å². The topological polar surface area (TPSA) is 22.1 Å². The molecule has 0 aromatic carbocycles. The SMILES string of the molecule is CCOc1nc(C)ccc1I. The molecule has 0 saturated heterocycles. The van der Waals surface area contributed by atoms with Crippen LogP contribution in [0.5, 0.6) is 5.88 Å². The normalized spacial score (nSPS) is 9.73. The summed E-state index contributed by atoms with van der Waals surface area (Å²) in [6.07, 6.45) is 0. The van der Waals surface area contributed by atoms with E-state index in [0.717, 1.165) is 15.1 Å². The van der Waals surface area contributed by atoms with Gasteiger partial charge in [0, 0.05) is 5.69 Å². The van der Waals surface area contributed by atoms with Crippen LogP contribution in [-0.4, -0.2) is 11.6 Å². The van der Waals surface area contributed by atoms with Gasteiger partial charge < -0.3 is 4.74 Å². The summed E-state index contributed by atoms with van der Waals surface area (Å²) in [6, 6.07) is 3.98. The van der Waals surface area contributed by atoms with Gasteiger partial charge in [-0.2, -0.15) is 0 Å². The number of pyridine rings is 1. The van der Waals surface area contributed by atoms with Crippen molar-refractivity contribution in [3.8, 4) is 5.88 Å². The van der Waals surface area contributed by atoms with Crippen molar-refractivity contribution in [2.75, 3.05) is 6.61 Å². The van der Waals surface area contributed by atoms with Crippen molar-refractivity contribution in [1.82, 2.24) is 4.98 Å². The van der Waals surface area contributed by atoms with Crippen molar-refractivity contribution < 1.29 is 4.74 Å². The van der Waals surface area contributed by atoms with Crippen molar-refractivity contribution >= 4 is 22.6 Å². The van der Waals surface area contributed by atoms with Gasteiger partial charge in [0.2, 0.25) is 5.88 Å². The van der Waals surface area contributed by atoms with E-state index in [1.165, 1.54) is 0 Å². The van der Waals surface area contributed by atoms with Gasteiger partial charge in [0.1, 0.15) is 0 Å². The van der Waals surface area contributed by atoms with Crippen LogP contribution in [0.4, 0.5) is 0 Å². The van der Waals surface area contributed by atoms with Gasteiger partial charge >= 0.3 is 0 Å². The number of ether oxygens (including phenoxy) is 1. The Morgan fingerprint density at radius 1 is 1.55 bits per heavy atom. The maximum atomic E-state index is 5.30. The number of hydrogen-bond acceptors (Lipinski definition) is 2. The Labute approximate surface area is 80.1 Å². The molecule has 1 heterocycles. The minimum atomic E-state index is 0.673. The van der Waals surface area contributed by atoms with Crippen LogP contribution in [0.15, 0.2) is 12.1 Å². The van der Waals surface area contributed by atoms with Crippen LogP contribution in [0.1, 0.15) is 12.6 Å². The van der Waals surface area contributed by atoms with E-state index in [1.807, 2.05) is 26.0 Å². The fraction of sp³-hybridized carbons (Fsp3) is 0.375. The van der Waals surface area contributed by atoms with Crippen LogP contribution in [-0.2, 0) is 0 Å². The first kappa shape index (κ1) is 8.77. The highest BCUT2D eigenvalue weighted by Crippen LogP contribution is 2.17. The highest BCUT2D eigenvalue weighted by Gasteiger charge is 2.00. The van der Waals surface area contributed by atoms with Gasteiger partial charge in [-0.25, -0.2) is 4.98 Å². The summed E-state index contributed by atoms with van der Waals surface area (Å²) in [5, 5.41) is 0. The number of hydrogen-bond donors (Lipinski definition) is 0. The van der Waals surface area contributed by atoms with E-state index in [-0.39, 0.29) is 0 Å². The largest absolute Gasteiger partial charge is 0.477 e. The molecular weight excluding hydrogens is 253 g/mol. The molecule has 0 N–H and O–H groups in total. The van der Waals surface area contributed by atoms with Gasteiger partial charge in [-0.05, 0) is 48.6 Å². The lowest BCUT2D eigenvalue weighted by Crippen LogP contribution is -1.97. The molecular formula is C8H10INO. The van der Waals surface area contributed by atoms with E-state index in [2.05, 4.69) is 27.6 Å². The lowest BCUT2D eigenvalue weighted by molar-refractivity contribution is 0.323. The van der Waals surface area contributed by atoms with Crippen molar-refractivity contribution in [2.24, 2.45) is 0 Å².